The van der Waals surface area contributed by atoms with Crippen molar-refractivity contribution in [3.63, 3.8) is 0 Å². The molecule has 3 nitrogen and oxygen atoms in total. The maximum atomic E-state index is 13.1. The molecule has 0 radical (unpaired) electrons. The number of allylic oxidation sites excluding steroid dienone is 6. The molecule has 1 aliphatic heterocycles. The Morgan fingerprint density at radius 3 is 2.13 bits per heavy atom. The summed E-state index contributed by atoms with van der Waals surface area (Å²) in [4.78, 5) is 26.9. The third-order valence-electron chi connectivity index (χ3n) is 4.61. The second-order valence-electron chi connectivity index (χ2n) is 6.97. The summed E-state index contributed by atoms with van der Waals surface area (Å²) in [6.45, 7) is 16.2. The van der Waals surface area contributed by atoms with Gasteiger partial charge in [0.15, 0.2) is 0 Å². The Labute approximate surface area is 190 Å². The van der Waals surface area contributed by atoms with E-state index in [0.717, 1.165) is 22.4 Å². The van der Waals surface area contributed by atoms with Gasteiger partial charge in [-0.25, -0.2) is 0 Å². The highest BCUT2D eigenvalue weighted by Crippen LogP contribution is 2.26. The fourth-order valence-corrected chi connectivity index (χ4v) is 3.06. The normalized spacial score (nSPS) is 16.6. The van der Waals surface area contributed by atoms with E-state index in [0.29, 0.717) is 6.54 Å². The fourth-order valence-electron chi connectivity index (χ4n) is 3.06. The van der Waals surface area contributed by atoms with Crippen molar-refractivity contribution < 1.29 is 9.59 Å². The van der Waals surface area contributed by atoms with E-state index in [9.17, 15) is 9.59 Å². The molecular formula is C28H41NO2. The van der Waals surface area contributed by atoms with Crippen LogP contribution in [0.5, 0.6) is 0 Å². The highest BCUT2D eigenvalue weighted by Gasteiger charge is 2.22. The Morgan fingerprint density at radius 2 is 1.55 bits per heavy atom. The summed E-state index contributed by atoms with van der Waals surface area (Å²) in [6.07, 6.45) is 12.6. The number of hydrogen-bond donors (Lipinski definition) is 0. The summed E-state index contributed by atoms with van der Waals surface area (Å²) >= 11 is 0. The van der Waals surface area contributed by atoms with Crippen molar-refractivity contribution in [1.82, 2.24) is 4.90 Å². The van der Waals surface area contributed by atoms with Crippen LogP contribution >= 0.6 is 0 Å². The molecule has 1 aliphatic rings. The van der Waals surface area contributed by atoms with Crippen LogP contribution in [0.1, 0.15) is 79.4 Å². The first kappa shape index (κ1) is 28.3. The predicted octanol–water partition coefficient (Wildman–Crippen LogP) is 7.51. The molecule has 1 amide bonds. The topological polar surface area (TPSA) is 37.4 Å². The van der Waals surface area contributed by atoms with Crippen LogP contribution < -0.4 is 0 Å². The monoisotopic (exact) mass is 423 g/mol. The van der Waals surface area contributed by atoms with E-state index in [4.69, 9.17) is 0 Å². The average Bonchev–Trinajstić information content (AvgIpc) is 2.79. The summed E-state index contributed by atoms with van der Waals surface area (Å²) in [5.74, 6) is 0.0584. The molecule has 0 saturated heterocycles. The SMILES string of the molecule is CC.CC.C\C=C/C1=C(\C=C/C)N(C(=O)CCC(=O)C(C)C)Cc2ccccc2/C=C\1. The number of carbonyl (C=O) groups is 2. The molecule has 1 heterocycles. The van der Waals surface area contributed by atoms with Gasteiger partial charge in [-0.2, -0.15) is 0 Å². The first-order valence-electron chi connectivity index (χ1n) is 11.6. The lowest BCUT2D eigenvalue weighted by Gasteiger charge is -2.28. The zero-order valence-corrected chi connectivity index (χ0v) is 20.7. The Hall–Kier alpha value is -2.68. The molecule has 0 saturated carbocycles. The Morgan fingerprint density at radius 1 is 0.935 bits per heavy atom. The van der Waals surface area contributed by atoms with Gasteiger partial charge in [-0.3, -0.25) is 9.59 Å². The molecule has 0 atom stereocenters. The smallest absolute Gasteiger partial charge is 0.227 e. The number of nitrogens with zero attached hydrogens (tertiary/aromatic N) is 1. The van der Waals surface area contributed by atoms with Gasteiger partial charge < -0.3 is 4.90 Å². The Balaban J connectivity index is 0.00000212. The summed E-state index contributed by atoms with van der Waals surface area (Å²) in [5.41, 5.74) is 4.05. The molecule has 170 valence electrons. The van der Waals surface area contributed by atoms with Crippen LogP contribution in [0.4, 0.5) is 0 Å². The van der Waals surface area contributed by atoms with E-state index in [1.54, 1.807) is 0 Å². The van der Waals surface area contributed by atoms with E-state index in [1.807, 2.05) is 109 Å². The summed E-state index contributed by atoms with van der Waals surface area (Å²) in [5, 5.41) is 0. The van der Waals surface area contributed by atoms with Crippen LogP contribution in [-0.4, -0.2) is 16.6 Å². The minimum Gasteiger partial charge on any atom is -0.307 e. The molecule has 0 aliphatic carbocycles. The highest BCUT2D eigenvalue weighted by atomic mass is 16.2. The second kappa shape index (κ2) is 16.1. The van der Waals surface area contributed by atoms with Crippen LogP contribution in [0.2, 0.25) is 0 Å². The van der Waals surface area contributed by atoms with Crippen molar-refractivity contribution >= 4 is 17.8 Å². The number of ketones is 1. The third-order valence-corrected chi connectivity index (χ3v) is 4.61. The van der Waals surface area contributed by atoms with Gasteiger partial charge in [0.05, 0.1) is 12.2 Å². The number of rotatable bonds is 6. The van der Waals surface area contributed by atoms with E-state index in [-0.39, 0.29) is 30.4 Å². The minimum atomic E-state index is -0.0436. The largest absolute Gasteiger partial charge is 0.307 e. The molecule has 31 heavy (non-hydrogen) atoms. The number of fused-ring (bicyclic) bond motifs is 1. The zero-order valence-electron chi connectivity index (χ0n) is 20.7. The number of carbonyl (C=O) groups excluding carboxylic acids is 2. The molecule has 2 rings (SSSR count). The average molecular weight is 424 g/mol. The predicted molar refractivity (Wildman–Crippen MR) is 134 cm³/mol. The van der Waals surface area contributed by atoms with Crippen molar-refractivity contribution in [3.05, 3.63) is 77.0 Å². The maximum Gasteiger partial charge on any atom is 0.227 e. The zero-order chi connectivity index (χ0) is 23.8. The number of amides is 1. The van der Waals surface area contributed by atoms with Gasteiger partial charge in [-0.15, -0.1) is 0 Å². The van der Waals surface area contributed by atoms with E-state index in [2.05, 4.69) is 12.1 Å². The lowest BCUT2D eigenvalue weighted by atomic mass is 9.99. The van der Waals surface area contributed by atoms with Crippen LogP contribution in [-0.2, 0) is 16.1 Å². The molecule has 1 aromatic rings. The fraction of sp³-hybridized carbons (Fsp3) is 0.429. The van der Waals surface area contributed by atoms with Gasteiger partial charge in [0, 0.05) is 18.8 Å². The number of hydrogen-bond acceptors (Lipinski definition) is 2. The molecule has 0 aromatic heterocycles. The van der Waals surface area contributed by atoms with Gasteiger partial charge in [-0.1, -0.05) is 96.2 Å². The molecule has 3 heteroatoms. The van der Waals surface area contributed by atoms with Crippen molar-refractivity contribution in [2.24, 2.45) is 5.92 Å². The molecule has 0 fully saturated rings. The molecular weight excluding hydrogens is 382 g/mol. The van der Waals surface area contributed by atoms with Gasteiger partial charge in [0.2, 0.25) is 5.91 Å². The molecule has 0 N–H and O–H groups in total. The van der Waals surface area contributed by atoms with Crippen LogP contribution in [0.15, 0.2) is 65.9 Å². The lowest BCUT2D eigenvalue weighted by molar-refractivity contribution is -0.132. The molecule has 1 aromatic carbocycles. The quantitative estimate of drug-likeness (QED) is 0.475. The first-order valence-corrected chi connectivity index (χ1v) is 11.6. The van der Waals surface area contributed by atoms with Crippen molar-refractivity contribution in [1.29, 1.82) is 0 Å². The maximum absolute atomic E-state index is 13.1. The Kier molecular flexibility index (Phi) is 14.7. The van der Waals surface area contributed by atoms with Crippen LogP contribution in [0.25, 0.3) is 6.08 Å². The standard InChI is InChI=1S/C24H29NO2.2C2H6/c1-5-9-20-14-13-19-11-7-8-12-21(19)17-25(22(20)10-6-2)24(27)16-15-23(26)18(3)4;2*1-2/h5-14,18H,15-17H2,1-4H3;2*1-2H3/b9-5-,10-6-,14-13-,22-20-;;. The summed E-state index contributed by atoms with van der Waals surface area (Å²) in [7, 11) is 0. The summed E-state index contributed by atoms with van der Waals surface area (Å²) < 4.78 is 0. The van der Waals surface area contributed by atoms with E-state index < -0.39 is 0 Å². The third kappa shape index (κ3) is 8.92. The number of benzene rings is 1. The van der Waals surface area contributed by atoms with Crippen molar-refractivity contribution in [3.8, 4) is 0 Å². The van der Waals surface area contributed by atoms with Crippen molar-refractivity contribution in [2.75, 3.05) is 0 Å². The number of Topliss-reactive ketones (excluding diaryl/α,β-unsaturated/α-hetero) is 1. The van der Waals surface area contributed by atoms with Gasteiger partial charge in [-0.05, 0) is 36.6 Å². The summed E-state index contributed by atoms with van der Waals surface area (Å²) in [6, 6.07) is 8.10. The Bertz CT molecular complexity index is 810. The van der Waals surface area contributed by atoms with Gasteiger partial charge >= 0.3 is 0 Å². The van der Waals surface area contributed by atoms with Crippen LogP contribution in [0, 0.1) is 5.92 Å². The van der Waals surface area contributed by atoms with Gasteiger partial charge in [0.25, 0.3) is 0 Å². The second-order valence-corrected chi connectivity index (χ2v) is 6.97. The van der Waals surface area contributed by atoms with Crippen molar-refractivity contribution in [2.45, 2.75) is 74.8 Å². The molecule has 0 unspecified atom stereocenters. The minimum absolute atomic E-state index is 0.0239. The molecule has 0 spiro atoms. The van der Waals surface area contributed by atoms with E-state index in [1.165, 1.54) is 0 Å². The first-order chi connectivity index (χ1) is 15.0. The van der Waals surface area contributed by atoms with Gasteiger partial charge in [0.1, 0.15) is 5.78 Å². The van der Waals surface area contributed by atoms with Crippen LogP contribution in [0.3, 0.4) is 0 Å². The van der Waals surface area contributed by atoms with E-state index >= 15 is 0 Å². The lowest BCUT2D eigenvalue weighted by Crippen LogP contribution is -2.31. The molecule has 0 bridgehead atoms. The highest BCUT2D eigenvalue weighted by molar-refractivity contribution is 5.87.